The first-order valence-electron chi connectivity index (χ1n) is 7.29. The summed E-state index contributed by atoms with van der Waals surface area (Å²) < 4.78 is 1.15. The highest BCUT2D eigenvalue weighted by Crippen LogP contribution is 2.25. The van der Waals surface area contributed by atoms with Crippen LogP contribution in [0.2, 0.25) is 10.0 Å². The summed E-state index contributed by atoms with van der Waals surface area (Å²) in [6.45, 7) is 0.842. The average Bonchev–Trinajstić information content (AvgIpc) is 2.92. The first kappa shape index (κ1) is 17.2. The summed E-state index contributed by atoms with van der Waals surface area (Å²) in [4.78, 5) is 18.7. The lowest BCUT2D eigenvalue weighted by Gasteiger charge is -2.15. The zero-order valence-electron chi connectivity index (χ0n) is 12.9. The molecule has 0 aliphatic heterocycles. The van der Waals surface area contributed by atoms with Gasteiger partial charge in [-0.2, -0.15) is 0 Å². The average molecular weight is 380 g/mol. The molecule has 0 aliphatic carbocycles. The maximum atomic E-state index is 12.2. The Balaban J connectivity index is 1.60. The Labute approximate surface area is 154 Å². The Morgan fingerprint density at radius 3 is 2.83 bits per heavy atom. The Morgan fingerprint density at radius 1 is 1.25 bits per heavy atom. The van der Waals surface area contributed by atoms with Gasteiger partial charge in [-0.15, -0.1) is 11.3 Å². The van der Waals surface area contributed by atoms with Gasteiger partial charge < -0.3 is 5.32 Å². The van der Waals surface area contributed by atoms with Gasteiger partial charge >= 0.3 is 0 Å². The molecule has 0 atom stereocenters. The summed E-state index contributed by atoms with van der Waals surface area (Å²) in [6, 6.07) is 13.0. The molecule has 124 valence electrons. The van der Waals surface area contributed by atoms with Crippen molar-refractivity contribution >= 4 is 56.3 Å². The summed E-state index contributed by atoms with van der Waals surface area (Å²) in [7, 11) is 1.88. The molecule has 3 rings (SSSR count). The Kier molecular flexibility index (Phi) is 5.36. The van der Waals surface area contributed by atoms with E-state index in [0.717, 1.165) is 15.2 Å². The van der Waals surface area contributed by atoms with Gasteiger partial charge in [0.15, 0.2) is 0 Å². The lowest BCUT2D eigenvalue weighted by Crippen LogP contribution is -2.29. The van der Waals surface area contributed by atoms with Crippen molar-refractivity contribution in [3.8, 4) is 0 Å². The van der Waals surface area contributed by atoms with E-state index < -0.39 is 0 Å². The lowest BCUT2D eigenvalue weighted by atomic mass is 10.3. The van der Waals surface area contributed by atoms with Crippen molar-refractivity contribution in [1.82, 2.24) is 9.88 Å². The van der Waals surface area contributed by atoms with Crippen molar-refractivity contribution in [2.75, 3.05) is 18.9 Å². The standard InChI is InChI=1S/C17H15Cl2N3OS/c1-22(10-17-21-13-4-2-3-5-15(13)24-17)9-16(23)20-14-8-11(18)6-7-12(14)19/h2-8H,9-10H2,1H3,(H,20,23). The molecule has 2 aromatic carbocycles. The number of benzene rings is 2. The van der Waals surface area contributed by atoms with Crippen LogP contribution in [0.15, 0.2) is 42.5 Å². The van der Waals surface area contributed by atoms with Gasteiger partial charge in [-0.05, 0) is 37.4 Å². The monoisotopic (exact) mass is 379 g/mol. The molecule has 0 fully saturated rings. The van der Waals surface area contributed by atoms with Gasteiger partial charge in [-0.25, -0.2) is 4.98 Å². The summed E-state index contributed by atoms with van der Waals surface area (Å²) in [5.74, 6) is -0.150. The number of para-hydroxylation sites is 1. The molecule has 1 heterocycles. The van der Waals surface area contributed by atoms with Crippen molar-refractivity contribution in [2.45, 2.75) is 6.54 Å². The lowest BCUT2D eigenvalue weighted by molar-refractivity contribution is -0.117. The number of nitrogens with zero attached hydrogens (tertiary/aromatic N) is 2. The van der Waals surface area contributed by atoms with E-state index in [1.165, 1.54) is 0 Å². The molecule has 1 amide bonds. The van der Waals surface area contributed by atoms with Crippen molar-refractivity contribution in [3.05, 3.63) is 57.5 Å². The fourth-order valence-electron chi connectivity index (χ4n) is 2.30. The Bertz CT molecular complexity index is 848. The number of fused-ring (bicyclic) bond motifs is 1. The van der Waals surface area contributed by atoms with Gasteiger partial charge in [0.25, 0.3) is 0 Å². The van der Waals surface area contributed by atoms with E-state index >= 15 is 0 Å². The third-order valence-corrected chi connectivity index (χ3v) is 4.95. The molecule has 24 heavy (non-hydrogen) atoms. The van der Waals surface area contributed by atoms with E-state index in [2.05, 4.69) is 10.3 Å². The zero-order chi connectivity index (χ0) is 17.1. The van der Waals surface area contributed by atoms with E-state index in [-0.39, 0.29) is 12.5 Å². The minimum Gasteiger partial charge on any atom is -0.324 e. The number of aromatic nitrogens is 1. The van der Waals surface area contributed by atoms with Crippen LogP contribution in [0.1, 0.15) is 5.01 Å². The van der Waals surface area contributed by atoms with Crippen LogP contribution in [-0.2, 0) is 11.3 Å². The predicted molar refractivity (Wildman–Crippen MR) is 101 cm³/mol. The molecule has 0 aliphatic rings. The van der Waals surface area contributed by atoms with Crippen molar-refractivity contribution < 1.29 is 4.79 Å². The molecule has 0 bridgehead atoms. The maximum absolute atomic E-state index is 12.2. The third-order valence-electron chi connectivity index (χ3n) is 3.36. The zero-order valence-corrected chi connectivity index (χ0v) is 15.3. The molecule has 4 nitrogen and oxygen atoms in total. The van der Waals surface area contributed by atoms with E-state index in [1.54, 1.807) is 29.5 Å². The van der Waals surface area contributed by atoms with Gasteiger partial charge in [-0.1, -0.05) is 35.3 Å². The number of halogens is 2. The molecule has 0 saturated heterocycles. The van der Waals surface area contributed by atoms with E-state index in [9.17, 15) is 4.79 Å². The largest absolute Gasteiger partial charge is 0.324 e. The quantitative estimate of drug-likeness (QED) is 0.700. The third kappa shape index (κ3) is 4.24. The van der Waals surface area contributed by atoms with Gasteiger partial charge in [0.05, 0.1) is 34.0 Å². The van der Waals surface area contributed by atoms with E-state index in [0.29, 0.717) is 22.3 Å². The van der Waals surface area contributed by atoms with Crippen LogP contribution < -0.4 is 5.32 Å². The molecular weight excluding hydrogens is 365 g/mol. The van der Waals surface area contributed by atoms with E-state index in [1.807, 2.05) is 36.2 Å². The number of hydrogen-bond acceptors (Lipinski definition) is 4. The van der Waals surface area contributed by atoms with Gasteiger partial charge in [0.1, 0.15) is 5.01 Å². The van der Waals surface area contributed by atoms with Crippen molar-refractivity contribution in [2.24, 2.45) is 0 Å². The molecule has 3 aromatic rings. The number of likely N-dealkylation sites (N-methyl/N-ethyl adjacent to an activating group) is 1. The molecule has 0 saturated carbocycles. The highest BCUT2D eigenvalue weighted by Gasteiger charge is 2.12. The molecule has 1 N–H and O–H groups in total. The SMILES string of the molecule is CN(CC(=O)Nc1cc(Cl)ccc1Cl)Cc1nc2ccccc2s1. The first-order chi connectivity index (χ1) is 11.5. The summed E-state index contributed by atoms with van der Waals surface area (Å²) in [5.41, 5.74) is 1.50. The number of hydrogen-bond donors (Lipinski definition) is 1. The smallest absolute Gasteiger partial charge is 0.238 e. The molecular formula is C17H15Cl2N3OS. The van der Waals surface area contributed by atoms with Crippen LogP contribution in [0, 0.1) is 0 Å². The molecule has 0 spiro atoms. The number of carbonyl (C=O) groups excluding carboxylic acids is 1. The second kappa shape index (κ2) is 7.49. The van der Waals surface area contributed by atoms with Crippen LogP contribution >= 0.6 is 34.5 Å². The second-order valence-electron chi connectivity index (χ2n) is 5.42. The number of thiazole rings is 1. The van der Waals surface area contributed by atoms with Gasteiger partial charge in [-0.3, -0.25) is 9.69 Å². The summed E-state index contributed by atoms with van der Waals surface area (Å²) in [6.07, 6.45) is 0. The highest BCUT2D eigenvalue weighted by atomic mass is 35.5. The van der Waals surface area contributed by atoms with Gasteiger partial charge in [0.2, 0.25) is 5.91 Å². The molecule has 0 radical (unpaired) electrons. The Hall–Kier alpha value is -1.66. The van der Waals surface area contributed by atoms with Crippen LogP contribution in [0.25, 0.3) is 10.2 Å². The normalized spacial score (nSPS) is 11.2. The van der Waals surface area contributed by atoms with Crippen LogP contribution in [0.3, 0.4) is 0 Å². The van der Waals surface area contributed by atoms with Gasteiger partial charge in [0, 0.05) is 5.02 Å². The number of nitrogens with one attached hydrogen (secondary N) is 1. The van der Waals surface area contributed by atoms with Crippen LogP contribution in [-0.4, -0.2) is 29.4 Å². The highest BCUT2D eigenvalue weighted by molar-refractivity contribution is 7.18. The Morgan fingerprint density at radius 2 is 2.04 bits per heavy atom. The second-order valence-corrected chi connectivity index (χ2v) is 7.38. The number of rotatable bonds is 5. The number of amides is 1. The van der Waals surface area contributed by atoms with Crippen molar-refractivity contribution in [3.63, 3.8) is 0 Å². The predicted octanol–water partition coefficient (Wildman–Crippen LogP) is 4.67. The molecule has 1 aromatic heterocycles. The van der Waals surface area contributed by atoms with Crippen molar-refractivity contribution in [1.29, 1.82) is 0 Å². The van der Waals surface area contributed by atoms with Crippen LogP contribution in [0.5, 0.6) is 0 Å². The maximum Gasteiger partial charge on any atom is 0.238 e. The molecule has 7 heteroatoms. The van der Waals surface area contributed by atoms with E-state index in [4.69, 9.17) is 23.2 Å². The van der Waals surface area contributed by atoms with Crippen LogP contribution in [0.4, 0.5) is 5.69 Å². The number of anilines is 1. The summed E-state index contributed by atoms with van der Waals surface area (Å²) in [5, 5.41) is 4.74. The fraction of sp³-hybridized carbons (Fsp3) is 0.176. The minimum absolute atomic E-state index is 0.150. The fourth-order valence-corrected chi connectivity index (χ4v) is 3.69. The number of carbonyl (C=O) groups is 1. The molecule has 0 unspecified atom stereocenters. The first-order valence-corrected chi connectivity index (χ1v) is 8.86. The minimum atomic E-state index is -0.150. The summed E-state index contributed by atoms with van der Waals surface area (Å²) >= 11 is 13.6. The topological polar surface area (TPSA) is 45.2 Å².